The fourth-order valence-corrected chi connectivity index (χ4v) is 1.18. The molecule has 0 fully saturated rings. The zero-order chi connectivity index (χ0) is 9.68. The van der Waals surface area contributed by atoms with Crippen molar-refractivity contribution in [3.05, 3.63) is 23.8 Å². The van der Waals surface area contributed by atoms with Crippen LogP contribution in [0.4, 0.5) is 4.39 Å². The first-order valence-electron chi connectivity index (χ1n) is 4.11. The molecule has 13 heavy (non-hydrogen) atoms. The highest BCUT2D eigenvalue weighted by molar-refractivity contribution is 9.08. The summed E-state index contributed by atoms with van der Waals surface area (Å²) in [5.74, 6) is 0.0480. The normalized spacial score (nSPS) is 10.1. The Morgan fingerprint density at radius 3 is 2.92 bits per heavy atom. The molecule has 0 aliphatic heterocycles. The highest BCUT2D eigenvalue weighted by Crippen LogP contribution is 2.15. The van der Waals surface area contributed by atoms with Crippen molar-refractivity contribution in [3.63, 3.8) is 0 Å². The number of rotatable bonds is 4. The van der Waals surface area contributed by atoms with Crippen LogP contribution < -0.4 is 4.74 Å². The summed E-state index contributed by atoms with van der Waals surface area (Å²) in [6.07, 6.45) is 0.910. The Balaban J connectivity index is 2.76. The molecule has 0 aliphatic carbocycles. The standard InChI is InChI=1S/C9H11BrFNO/c1-2-3-13-8-4-7(6-10)12-9(11)5-8/h4-5H,2-3,6H2,1H3. The topological polar surface area (TPSA) is 22.1 Å². The number of hydrogen-bond acceptors (Lipinski definition) is 2. The number of aromatic nitrogens is 1. The maximum atomic E-state index is 12.8. The van der Waals surface area contributed by atoms with Crippen molar-refractivity contribution < 1.29 is 9.13 Å². The fraction of sp³-hybridized carbons (Fsp3) is 0.444. The number of hydrogen-bond donors (Lipinski definition) is 0. The maximum absolute atomic E-state index is 12.8. The summed E-state index contributed by atoms with van der Waals surface area (Å²) in [7, 11) is 0. The molecular formula is C9H11BrFNO. The lowest BCUT2D eigenvalue weighted by atomic mass is 10.3. The van der Waals surface area contributed by atoms with Crippen molar-refractivity contribution in [2.75, 3.05) is 6.61 Å². The second-order valence-electron chi connectivity index (χ2n) is 2.60. The van der Waals surface area contributed by atoms with Crippen LogP contribution in [0.3, 0.4) is 0 Å². The molecule has 0 spiro atoms. The maximum Gasteiger partial charge on any atom is 0.216 e. The van der Waals surface area contributed by atoms with Crippen molar-refractivity contribution in [2.45, 2.75) is 18.7 Å². The Kier molecular flexibility index (Phi) is 4.15. The third kappa shape index (κ3) is 3.30. The summed E-state index contributed by atoms with van der Waals surface area (Å²) in [4.78, 5) is 3.67. The Labute approximate surface area is 85.3 Å². The Morgan fingerprint density at radius 2 is 2.31 bits per heavy atom. The van der Waals surface area contributed by atoms with Crippen LogP contribution in [0.1, 0.15) is 19.0 Å². The first kappa shape index (κ1) is 10.4. The molecule has 1 aromatic rings. The van der Waals surface area contributed by atoms with E-state index in [-0.39, 0.29) is 0 Å². The third-order valence-electron chi connectivity index (χ3n) is 1.43. The van der Waals surface area contributed by atoms with E-state index in [1.54, 1.807) is 6.07 Å². The summed E-state index contributed by atoms with van der Waals surface area (Å²) in [5.41, 5.74) is 0.645. The van der Waals surface area contributed by atoms with Gasteiger partial charge in [0.05, 0.1) is 12.3 Å². The average Bonchev–Trinajstić information content (AvgIpc) is 2.14. The van der Waals surface area contributed by atoms with Crippen LogP contribution in [-0.2, 0) is 5.33 Å². The summed E-state index contributed by atoms with van der Waals surface area (Å²) >= 11 is 3.21. The van der Waals surface area contributed by atoms with Gasteiger partial charge in [-0.05, 0) is 6.42 Å². The lowest BCUT2D eigenvalue weighted by Crippen LogP contribution is -1.98. The predicted molar refractivity (Wildman–Crippen MR) is 52.6 cm³/mol. The van der Waals surface area contributed by atoms with Gasteiger partial charge in [0.15, 0.2) is 0 Å². The second-order valence-corrected chi connectivity index (χ2v) is 3.16. The Morgan fingerprint density at radius 1 is 1.54 bits per heavy atom. The summed E-state index contributed by atoms with van der Waals surface area (Å²) in [6.45, 7) is 2.61. The number of halogens is 2. The molecule has 0 radical (unpaired) electrons. The van der Waals surface area contributed by atoms with E-state index in [0.29, 0.717) is 23.4 Å². The van der Waals surface area contributed by atoms with E-state index in [1.807, 2.05) is 6.92 Å². The van der Waals surface area contributed by atoms with Gasteiger partial charge in [-0.3, -0.25) is 0 Å². The molecule has 4 heteroatoms. The third-order valence-corrected chi connectivity index (χ3v) is 2.00. The van der Waals surface area contributed by atoms with Gasteiger partial charge in [0.2, 0.25) is 5.95 Å². The highest BCUT2D eigenvalue weighted by Gasteiger charge is 2.01. The SMILES string of the molecule is CCCOc1cc(F)nc(CBr)c1. The van der Waals surface area contributed by atoms with Crippen LogP contribution in [-0.4, -0.2) is 11.6 Å². The molecular weight excluding hydrogens is 237 g/mol. The average molecular weight is 248 g/mol. The Bertz CT molecular complexity index is 280. The van der Waals surface area contributed by atoms with E-state index in [2.05, 4.69) is 20.9 Å². The molecule has 0 aliphatic rings. The van der Waals surface area contributed by atoms with Crippen LogP contribution in [0.5, 0.6) is 5.75 Å². The molecule has 0 unspecified atom stereocenters. The van der Waals surface area contributed by atoms with Gasteiger partial charge in [0, 0.05) is 17.5 Å². The van der Waals surface area contributed by atoms with Crippen LogP contribution >= 0.6 is 15.9 Å². The van der Waals surface area contributed by atoms with Gasteiger partial charge in [-0.2, -0.15) is 4.39 Å². The molecule has 0 saturated heterocycles. The second kappa shape index (κ2) is 5.17. The van der Waals surface area contributed by atoms with Gasteiger partial charge in [0.1, 0.15) is 5.75 Å². The van der Waals surface area contributed by atoms with Gasteiger partial charge in [-0.1, -0.05) is 22.9 Å². The summed E-state index contributed by atoms with van der Waals surface area (Å²) in [6, 6.07) is 3.02. The molecule has 0 N–H and O–H groups in total. The van der Waals surface area contributed by atoms with Crippen LogP contribution in [0, 0.1) is 5.95 Å². The largest absolute Gasteiger partial charge is 0.493 e. The molecule has 0 saturated carbocycles. The molecule has 0 aromatic carbocycles. The molecule has 1 heterocycles. The fourth-order valence-electron chi connectivity index (χ4n) is 0.897. The lowest BCUT2D eigenvalue weighted by molar-refractivity contribution is 0.314. The van der Waals surface area contributed by atoms with Crippen LogP contribution in [0.2, 0.25) is 0 Å². The van der Waals surface area contributed by atoms with Gasteiger partial charge >= 0.3 is 0 Å². The van der Waals surface area contributed by atoms with Crippen molar-refractivity contribution in [1.29, 1.82) is 0 Å². The van der Waals surface area contributed by atoms with E-state index in [1.165, 1.54) is 6.07 Å². The quantitative estimate of drug-likeness (QED) is 0.603. The number of nitrogens with zero attached hydrogens (tertiary/aromatic N) is 1. The minimum Gasteiger partial charge on any atom is -0.493 e. The van der Waals surface area contributed by atoms with Crippen LogP contribution in [0.25, 0.3) is 0 Å². The molecule has 1 rings (SSSR count). The summed E-state index contributed by atoms with van der Waals surface area (Å²) < 4.78 is 18.1. The number of alkyl halides is 1. The smallest absolute Gasteiger partial charge is 0.216 e. The van der Waals surface area contributed by atoms with Gasteiger partial charge in [0.25, 0.3) is 0 Å². The van der Waals surface area contributed by atoms with Crippen molar-refractivity contribution >= 4 is 15.9 Å². The molecule has 72 valence electrons. The van der Waals surface area contributed by atoms with Crippen molar-refractivity contribution in [2.24, 2.45) is 0 Å². The van der Waals surface area contributed by atoms with Gasteiger partial charge < -0.3 is 4.74 Å². The van der Waals surface area contributed by atoms with E-state index in [9.17, 15) is 4.39 Å². The van der Waals surface area contributed by atoms with E-state index in [4.69, 9.17) is 4.74 Å². The monoisotopic (exact) mass is 247 g/mol. The zero-order valence-corrected chi connectivity index (χ0v) is 8.97. The molecule has 0 bridgehead atoms. The molecule has 2 nitrogen and oxygen atoms in total. The minimum absolute atomic E-state index is 0.497. The van der Waals surface area contributed by atoms with Gasteiger partial charge in [-0.25, -0.2) is 4.98 Å². The van der Waals surface area contributed by atoms with E-state index >= 15 is 0 Å². The van der Waals surface area contributed by atoms with Crippen molar-refractivity contribution in [1.82, 2.24) is 4.98 Å². The lowest BCUT2D eigenvalue weighted by Gasteiger charge is -2.05. The van der Waals surface area contributed by atoms with Crippen LogP contribution in [0.15, 0.2) is 12.1 Å². The minimum atomic E-state index is -0.497. The number of pyridine rings is 1. The molecule has 1 aromatic heterocycles. The molecule has 0 atom stereocenters. The predicted octanol–water partition coefficient (Wildman–Crippen LogP) is 2.90. The molecule has 0 amide bonds. The van der Waals surface area contributed by atoms with Crippen molar-refractivity contribution in [3.8, 4) is 5.75 Å². The number of ether oxygens (including phenoxy) is 1. The van der Waals surface area contributed by atoms with Gasteiger partial charge in [-0.15, -0.1) is 0 Å². The highest BCUT2D eigenvalue weighted by atomic mass is 79.9. The van der Waals surface area contributed by atoms with E-state index in [0.717, 1.165) is 6.42 Å². The zero-order valence-electron chi connectivity index (χ0n) is 7.39. The van der Waals surface area contributed by atoms with E-state index < -0.39 is 5.95 Å². The summed E-state index contributed by atoms with van der Waals surface area (Å²) in [5, 5.41) is 0.535. The first-order valence-corrected chi connectivity index (χ1v) is 5.23. The Hall–Kier alpha value is -0.640. The first-order chi connectivity index (χ1) is 6.26.